The highest BCUT2D eigenvalue weighted by Gasteiger charge is 2.35. The quantitative estimate of drug-likeness (QED) is 0.0164. The lowest BCUT2D eigenvalue weighted by atomic mass is 9.87. The van der Waals surface area contributed by atoms with E-state index in [2.05, 4.69) is 19.2 Å². The summed E-state index contributed by atoms with van der Waals surface area (Å²) in [6.07, 6.45) is 26.8. The van der Waals surface area contributed by atoms with Crippen LogP contribution < -0.4 is 5.32 Å². The number of rotatable bonds is 34. The summed E-state index contributed by atoms with van der Waals surface area (Å²) in [7, 11) is 1.40. The zero-order chi connectivity index (χ0) is 41.7. The molecule has 0 aliphatic carbocycles. The third-order valence-electron chi connectivity index (χ3n) is 10.1. The molecule has 12 nitrogen and oxygen atoms in total. The van der Waals surface area contributed by atoms with Crippen LogP contribution in [0, 0.1) is 5.92 Å². The molecule has 1 fully saturated rings. The molecule has 1 aliphatic heterocycles. The van der Waals surface area contributed by atoms with E-state index in [0.29, 0.717) is 36.7 Å². The van der Waals surface area contributed by atoms with Crippen molar-refractivity contribution in [2.45, 2.75) is 185 Å². The highest BCUT2D eigenvalue weighted by atomic mass is 31.2. The van der Waals surface area contributed by atoms with E-state index in [0.717, 1.165) is 38.5 Å². The molecule has 0 saturated carbocycles. The third-order valence-corrected chi connectivity index (χ3v) is 11.1. The number of nitrogens with one attached hydrogen (secondary N) is 1. The summed E-state index contributed by atoms with van der Waals surface area (Å²) in [5.74, 6) is -0.613. The van der Waals surface area contributed by atoms with E-state index in [1.54, 1.807) is 18.2 Å². The number of unbranched alkanes of at least 4 members (excludes halogenated alkanes) is 14. The molecule has 0 spiro atoms. The van der Waals surface area contributed by atoms with Crippen molar-refractivity contribution in [2.24, 2.45) is 5.92 Å². The van der Waals surface area contributed by atoms with Crippen molar-refractivity contribution in [1.29, 1.82) is 0 Å². The molecule has 0 aromatic rings. The molecule has 1 aliphatic rings. The van der Waals surface area contributed by atoms with Crippen molar-refractivity contribution < 1.29 is 52.9 Å². The third kappa shape index (κ3) is 28.1. The van der Waals surface area contributed by atoms with E-state index in [9.17, 15) is 34.7 Å². The number of quaternary nitrogens is 1. The van der Waals surface area contributed by atoms with Crippen LogP contribution in [0.1, 0.15) is 149 Å². The van der Waals surface area contributed by atoms with Crippen LogP contribution in [-0.2, 0) is 23.1 Å². The van der Waals surface area contributed by atoms with Crippen LogP contribution in [0.4, 0.5) is 0 Å². The van der Waals surface area contributed by atoms with Crippen LogP contribution >= 0.6 is 7.82 Å². The summed E-state index contributed by atoms with van der Waals surface area (Å²) in [6, 6.07) is -0.951. The molecule has 1 heterocycles. The van der Waals surface area contributed by atoms with Gasteiger partial charge >= 0.3 is 7.82 Å². The number of carbonyl (C=O) groups is 1. The summed E-state index contributed by atoms with van der Waals surface area (Å²) >= 11 is 0. The maximum Gasteiger partial charge on any atom is 0.472 e. The van der Waals surface area contributed by atoms with Crippen molar-refractivity contribution in [2.75, 3.05) is 40.9 Å². The summed E-state index contributed by atoms with van der Waals surface area (Å²) in [5, 5.41) is 44.8. The van der Waals surface area contributed by atoms with Gasteiger partial charge in [-0.2, -0.15) is 0 Å². The summed E-state index contributed by atoms with van der Waals surface area (Å²) in [6.45, 7) is 4.45. The van der Waals surface area contributed by atoms with Crippen LogP contribution in [-0.4, -0.2) is 113 Å². The predicted molar refractivity (Wildman–Crippen MR) is 225 cm³/mol. The maximum atomic E-state index is 13.0. The van der Waals surface area contributed by atoms with Gasteiger partial charge in [-0.25, -0.2) is 4.57 Å². The fraction of sp³-hybridized carbons (Fsp3) is 0.837. The minimum absolute atomic E-state index is 0.0114. The van der Waals surface area contributed by atoms with Gasteiger partial charge < -0.3 is 39.9 Å². The van der Waals surface area contributed by atoms with Gasteiger partial charge in [-0.1, -0.05) is 134 Å². The highest BCUT2D eigenvalue weighted by Crippen LogP contribution is 2.43. The first-order valence-electron chi connectivity index (χ1n) is 21.8. The lowest BCUT2D eigenvalue weighted by molar-refractivity contribution is -0.870. The van der Waals surface area contributed by atoms with Crippen molar-refractivity contribution in [1.82, 2.24) is 5.32 Å². The highest BCUT2D eigenvalue weighted by molar-refractivity contribution is 7.47. The molecule has 1 rings (SSSR count). The molecular weight excluding hydrogens is 735 g/mol. The first kappa shape index (κ1) is 52.6. The molecule has 56 heavy (non-hydrogen) atoms. The second-order valence-electron chi connectivity index (χ2n) is 16.6. The number of ether oxygens (including phenoxy) is 1. The van der Waals surface area contributed by atoms with Gasteiger partial charge in [-0.3, -0.25) is 13.8 Å². The normalized spacial score (nSPS) is 22.2. The average Bonchev–Trinajstić information content (AvgIpc) is 3.12. The smallest absolute Gasteiger partial charge is 0.393 e. The SMILES string of the molecule is CCCCCCCCCCCCC/C=C/[C@@H](O)[C@H](COP(=O)(O)OCC[N+](C)(C)C)NC(=O)CCC/C=C\C[C@H]1[C@@H](O)CC(O)O[C@@H]1/C=C/[C@@H](O)CCCCC. The Labute approximate surface area is 340 Å². The second-order valence-corrected chi connectivity index (χ2v) is 18.1. The van der Waals surface area contributed by atoms with Gasteiger partial charge in [0.05, 0.1) is 58.2 Å². The zero-order valence-electron chi connectivity index (χ0n) is 35.6. The molecule has 0 bridgehead atoms. The fourth-order valence-electron chi connectivity index (χ4n) is 6.55. The Morgan fingerprint density at radius 2 is 1.45 bits per heavy atom. The molecule has 1 saturated heterocycles. The molecule has 0 aromatic carbocycles. The van der Waals surface area contributed by atoms with E-state index in [4.69, 9.17) is 13.8 Å². The number of aliphatic hydroxyl groups excluding tert-OH is 4. The summed E-state index contributed by atoms with van der Waals surface area (Å²) < 4.78 is 29.2. The lowest BCUT2D eigenvalue weighted by Crippen LogP contribution is -2.45. The van der Waals surface area contributed by atoms with Gasteiger partial charge in [0.2, 0.25) is 5.91 Å². The molecule has 8 atom stereocenters. The van der Waals surface area contributed by atoms with Gasteiger partial charge in [-0.05, 0) is 38.5 Å². The molecule has 0 radical (unpaired) electrons. The molecule has 1 amide bonds. The van der Waals surface area contributed by atoms with Crippen LogP contribution in [0.3, 0.4) is 0 Å². The predicted octanol–water partition coefficient (Wildman–Crippen LogP) is 7.63. The van der Waals surface area contributed by atoms with Gasteiger partial charge in [0, 0.05) is 18.8 Å². The van der Waals surface area contributed by atoms with E-state index in [1.165, 1.54) is 57.8 Å². The Morgan fingerprint density at radius 1 is 0.839 bits per heavy atom. The van der Waals surface area contributed by atoms with E-state index >= 15 is 0 Å². The monoisotopic (exact) mass is 818 g/mol. The first-order valence-corrected chi connectivity index (χ1v) is 23.3. The van der Waals surface area contributed by atoms with E-state index in [1.807, 2.05) is 39.4 Å². The number of aliphatic hydroxyl groups is 4. The Balaban J connectivity index is 2.63. The maximum absolute atomic E-state index is 13.0. The molecular formula is C43H82N2O10P+. The number of hydrogen-bond donors (Lipinski definition) is 6. The van der Waals surface area contributed by atoms with Crippen LogP contribution in [0.5, 0.6) is 0 Å². The van der Waals surface area contributed by atoms with E-state index in [-0.39, 0.29) is 31.3 Å². The Hall–Kier alpha value is -1.44. The largest absolute Gasteiger partial charge is 0.472 e. The molecule has 2 unspecified atom stereocenters. The van der Waals surface area contributed by atoms with Gasteiger partial charge in [0.25, 0.3) is 0 Å². The molecule has 13 heteroatoms. The van der Waals surface area contributed by atoms with Gasteiger partial charge in [0.15, 0.2) is 6.29 Å². The number of hydrogen-bond acceptors (Lipinski definition) is 9. The second kappa shape index (κ2) is 31.5. The Kier molecular flexibility index (Phi) is 29.6. The van der Waals surface area contributed by atoms with Crippen molar-refractivity contribution in [3.8, 4) is 0 Å². The Bertz CT molecular complexity index is 1130. The molecule has 0 aromatic heterocycles. The minimum Gasteiger partial charge on any atom is -0.393 e. The standard InChI is InChI=1S/C43H81N2O10P/c1-6-8-10-11-12-13-14-15-16-17-18-19-24-28-39(47)38(35-54-56(51,52)53-33-32-45(3,4)5)44-42(49)29-25-21-20-23-27-37-40(48)34-43(50)55-41(37)31-30-36(46)26-22-9-7-2/h20,23-24,28,30-31,36-41,43,46-48,50H,6-19,21-22,25-27,29,32-35H2,1-5H3,(H-,44,49,51,52)/p+1/b23-20-,28-24+,31-30+/t36-,37-,38-,39+,40-,41+,43?/m0/s1. The fourth-order valence-corrected chi connectivity index (χ4v) is 7.29. The number of nitrogens with zero attached hydrogens (tertiary/aromatic N) is 1. The Morgan fingerprint density at radius 3 is 2.09 bits per heavy atom. The van der Waals surface area contributed by atoms with Crippen LogP contribution in [0.15, 0.2) is 36.5 Å². The lowest BCUT2D eigenvalue weighted by Gasteiger charge is -2.36. The number of allylic oxidation sites excluding steroid dienone is 3. The number of phosphoric acid groups is 1. The number of carbonyl (C=O) groups excluding carboxylic acids is 1. The van der Waals surface area contributed by atoms with E-state index < -0.39 is 51.2 Å². The minimum atomic E-state index is -4.41. The van der Waals surface area contributed by atoms with Crippen molar-refractivity contribution in [3.63, 3.8) is 0 Å². The van der Waals surface area contributed by atoms with Crippen LogP contribution in [0.2, 0.25) is 0 Å². The van der Waals surface area contributed by atoms with Crippen LogP contribution in [0.25, 0.3) is 0 Å². The topological polar surface area (TPSA) is 175 Å². The summed E-state index contributed by atoms with van der Waals surface area (Å²) in [4.78, 5) is 23.2. The zero-order valence-corrected chi connectivity index (χ0v) is 36.5. The van der Waals surface area contributed by atoms with Gasteiger partial charge in [-0.15, -0.1) is 0 Å². The van der Waals surface area contributed by atoms with Crippen molar-refractivity contribution in [3.05, 3.63) is 36.5 Å². The average molecular weight is 818 g/mol. The number of amides is 1. The molecule has 6 N–H and O–H groups in total. The number of likely N-dealkylation sites (N-methyl/N-ethyl adjacent to an activating group) is 1. The first-order chi connectivity index (χ1) is 26.7. The van der Waals surface area contributed by atoms with Crippen molar-refractivity contribution >= 4 is 13.7 Å². The number of phosphoric ester groups is 1. The van der Waals surface area contributed by atoms with Gasteiger partial charge in [0.1, 0.15) is 13.2 Å². The summed E-state index contributed by atoms with van der Waals surface area (Å²) in [5.41, 5.74) is 0. The molecule has 328 valence electrons.